The van der Waals surface area contributed by atoms with E-state index in [1.54, 1.807) is 13.3 Å². The Balaban J connectivity index is 2.16. The summed E-state index contributed by atoms with van der Waals surface area (Å²) in [7, 11) is 1.56. The third kappa shape index (κ3) is 4.27. The van der Waals surface area contributed by atoms with Crippen LogP contribution >= 0.6 is 0 Å². The van der Waals surface area contributed by atoms with Gasteiger partial charge in [0.05, 0.1) is 18.4 Å². The molecule has 0 saturated heterocycles. The van der Waals surface area contributed by atoms with Gasteiger partial charge in [-0.1, -0.05) is 0 Å². The molecule has 1 aromatic heterocycles. The first kappa shape index (κ1) is 11.0. The molecule has 0 radical (unpaired) electrons. The molecule has 1 heterocycles. The number of rotatable bonds is 6. The highest BCUT2D eigenvalue weighted by molar-refractivity contribution is 4.98. The number of nitrogens with zero attached hydrogens (tertiary/aromatic N) is 2. The van der Waals surface area contributed by atoms with Crippen LogP contribution in [0, 0.1) is 0 Å². The van der Waals surface area contributed by atoms with Crippen molar-refractivity contribution in [1.29, 1.82) is 0 Å². The van der Waals surface area contributed by atoms with Crippen LogP contribution in [-0.4, -0.2) is 41.7 Å². The summed E-state index contributed by atoms with van der Waals surface area (Å²) >= 11 is 0. The van der Waals surface area contributed by atoms with Crippen molar-refractivity contribution >= 4 is 0 Å². The summed E-state index contributed by atoms with van der Waals surface area (Å²) in [5.74, 6) is 0. The third-order valence-electron chi connectivity index (χ3n) is 1.67. The average Bonchev–Trinajstić information content (AvgIpc) is 2.20. The Bertz CT molecular complexity index is 243. The van der Waals surface area contributed by atoms with Crippen LogP contribution in [0.3, 0.4) is 0 Å². The summed E-state index contributed by atoms with van der Waals surface area (Å²) in [5, 5.41) is 20.0. The minimum Gasteiger partial charge on any atom is -0.389 e. The van der Waals surface area contributed by atoms with Gasteiger partial charge in [0.25, 0.3) is 0 Å². The van der Waals surface area contributed by atoms with Gasteiger partial charge in [0.2, 0.25) is 0 Å². The maximum absolute atomic E-state index is 9.30. The van der Waals surface area contributed by atoms with Gasteiger partial charge in [0, 0.05) is 26.4 Å². The van der Waals surface area contributed by atoms with Crippen molar-refractivity contribution in [3.63, 3.8) is 0 Å². The molecule has 0 aliphatic heterocycles. The quantitative estimate of drug-likeness (QED) is 0.648. The van der Waals surface area contributed by atoms with Gasteiger partial charge in [-0.05, 0) is 12.1 Å². The van der Waals surface area contributed by atoms with E-state index in [2.05, 4.69) is 15.5 Å². The molecule has 0 aromatic carbocycles. The van der Waals surface area contributed by atoms with E-state index in [9.17, 15) is 5.11 Å². The zero-order valence-electron chi connectivity index (χ0n) is 8.18. The monoisotopic (exact) mass is 197 g/mol. The molecule has 0 amide bonds. The fourth-order valence-corrected chi connectivity index (χ4v) is 1.05. The maximum Gasteiger partial charge on any atom is 0.0897 e. The topological polar surface area (TPSA) is 67.3 Å². The molecule has 0 fully saturated rings. The van der Waals surface area contributed by atoms with E-state index in [0.717, 1.165) is 5.69 Å². The third-order valence-corrected chi connectivity index (χ3v) is 1.67. The minimum atomic E-state index is -0.475. The number of ether oxygens (including phenoxy) is 1. The second kappa shape index (κ2) is 6.42. The highest BCUT2D eigenvalue weighted by atomic mass is 16.5. The molecule has 1 unspecified atom stereocenters. The molecule has 1 aromatic rings. The van der Waals surface area contributed by atoms with Gasteiger partial charge in [0.15, 0.2) is 0 Å². The van der Waals surface area contributed by atoms with Crippen LogP contribution in [0.5, 0.6) is 0 Å². The second-order valence-corrected chi connectivity index (χ2v) is 2.96. The summed E-state index contributed by atoms with van der Waals surface area (Å²) in [6, 6.07) is 3.71. The number of aliphatic hydroxyl groups is 1. The molecule has 1 atom stereocenters. The predicted molar refractivity (Wildman–Crippen MR) is 51.6 cm³/mol. The summed E-state index contributed by atoms with van der Waals surface area (Å²) in [6.07, 6.45) is 1.15. The Labute approximate surface area is 83.1 Å². The summed E-state index contributed by atoms with van der Waals surface area (Å²) in [4.78, 5) is 0. The summed E-state index contributed by atoms with van der Waals surface area (Å²) < 4.78 is 4.79. The predicted octanol–water partition coefficient (Wildman–Crippen LogP) is -0.427. The van der Waals surface area contributed by atoms with E-state index >= 15 is 0 Å². The number of hydrogen-bond donors (Lipinski definition) is 2. The molecule has 14 heavy (non-hydrogen) atoms. The van der Waals surface area contributed by atoms with E-state index < -0.39 is 6.10 Å². The molecule has 78 valence electrons. The fourth-order valence-electron chi connectivity index (χ4n) is 1.05. The lowest BCUT2D eigenvalue weighted by Gasteiger charge is -2.09. The molecule has 5 heteroatoms. The lowest BCUT2D eigenvalue weighted by molar-refractivity contribution is 0.0643. The highest BCUT2D eigenvalue weighted by Gasteiger charge is 2.02. The molecule has 2 N–H and O–H groups in total. The summed E-state index contributed by atoms with van der Waals surface area (Å²) in [6.45, 7) is 1.44. The van der Waals surface area contributed by atoms with Crippen molar-refractivity contribution < 1.29 is 9.84 Å². The van der Waals surface area contributed by atoms with Crippen molar-refractivity contribution in [3.05, 3.63) is 24.0 Å². The summed E-state index contributed by atoms with van der Waals surface area (Å²) in [5.41, 5.74) is 0.858. The molecular formula is C9H15N3O2. The van der Waals surface area contributed by atoms with E-state index in [1.807, 2.05) is 12.1 Å². The van der Waals surface area contributed by atoms with Crippen LogP contribution in [-0.2, 0) is 11.3 Å². The molecule has 0 aliphatic carbocycles. The van der Waals surface area contributed by atoms with E-state index in [1.165, 1.54) is 0 Å². The van der Waals surface area contributed by atoms with Crippen molar-refractivity contribution in [2.45, 2.75) is 12.6 Å². The Morgan fingerprint density at radius 3 is 3.14 bits per heavy atom. The zero-order valence-corrected chi connectivity index (χ0v) is 8.18. The standard InChI is InChI=1S/C9H15N3O2/c1-14-7-9(13)6-10-5-8-3-2-4-11-12-8/h2-4,9-10,13H,5-7H2,1H3. The first-order valence-electron chi connectivity index (χ1n) is 4.47. The van der Waals surface area contributed by atoms with Crippen molar-refractivity contribution in [2.75, 3.05) is 20.3 Å². The fraction of sp³-hybridized carbons (Fsp3) is 0.556. The van der Waals surface area contributed by atoms with Crippen molar-refractivity contribution in [2.24, 2.45) is 0 Å². The van der Waals surface area contributed by atoms with Crippen LogP contribution in [0.4, 0.5) is 0 Å². The lowest BCUT2D eigenvalue weighted by Crippen LogP contribution is -2.29. The van der Waals surface area contributed by atoms with Crippen molar-refractivity contribution in [1.82, 2.24) is 15.5 Å². The van der Waals surface area contributed by atoms with Crippen molar-refractivity contribution in [3.8, 4) is 0 Å². The normalized spacial score (nSPS) is 12.7. The molecule has 0 aliphatic rings. The number of nitrogens with one attached hydrogen (secondary N) is 1. The largest absolute Gasteiger partial charge is 0.389 e. The first-order valence-corrected chi connectivity index (χ1v) is 4.47. The van der Waals surface area contributed by atoms with Gasteiger partial charge < -0.3 is 15.2 Å². The smallest absolute Gasteiger partial charge is 0.0897 e. The van der Waals surface area contributed by atoms with E-state index in [-0.39, 0.29) is 0 Å². The van der Waals surface area contributed by atoms with Gasteiger partial charge in [-0.15, -0.1) is 0 Å². The van der Waals surface area contributed by atoms with Gasteiger partial charge in [-0.2, -0.15) is 10.2 Å². The number of hydrogen-bond acceptors (Lipinski definition) is 5. The van der Waals surface area contributed by atoms with Gasteiger partial charge in [-0.25, -0.2) is 0 Å². The Kier molecular flexibility index (Phi) is 5.06. The van der Waals surface area contributed by atoms with Crippen LogP contribution in [0.1, 0.15) is 5.69 Å². The Morgan fingerprint density at radius 2 is 2.50 bits per heavy atom. The molecule has 0 spiro atoms. The van der Waals surface area contributed by atoms with Crippen LogP contribution < -0.4 is 5.32 Å². The van der Waals surface area contributed by atoms with E-state index in [4.69, 9.17) is 4.74 Å². The zero-order chi connectivity index (χ0) is 10.2. The van der Waals surface area contributed by atoms with Gasteiger partial charge in [-0.3, -0.25) is 0 Å². The second-order valence-electron chi connectivity index (χ2n) is 2.96. The van der Waals surface area contributed by atoms with Crippen LogP contribution in [0.2, 0.25) is 0 Å². The highest BCUT2D eigenvalue weighted by Crippen LogP contribution is 1.90. The molecule has 0 saturated carbocycles. The van der Waals surface area contributed by atoms with Gasteiger partial charge >= 0.3 is 0 Å². The number of methoxy groups -OCH3 is 1. The molecular weight excluding hydrogens is 182 g/mol. The Hall–Kier alpha value is -1.04. The first-order chi connectivity index (χ1) is 6.83. The maximum atomic E-state index is 9.30. The molecule has 5 nitrogen and oxygen atoms in total. The molecule has 1 rings (SSSR count). The lowest BCUT2D eigenvalue weighted by atomic mass is 10.3. The van der Waals surface area contributed by atoms with E-state index in [0.29, 0.717) is 19.7 Å². The molecule has 0 bridgehead atoms. The van der Waals surface area contributed by atoms with Gasteiger partial charge in [0.1, 0.15) is 0 Å². The SMILES string of the molecule is COCC(O)CNCc1cccnn1. The average molecular weight is 197 g/mol. The number of aliphatic hydroxyl groups excluding tert-OH is 1. The number of aromatic nitrogens is 2. The minimum absolute atomic E-state index is 0.341. The van der Waals surface area contributed by atoms with Crippen LogP contribution in [0.15, 0.2) is 18.3 Å². The Morgan fingerprint density at radius 1 is 1.64 bits per heavy atom. The van der Waals surface area contributed by atoms with Crippen LogP contribution in [0.25, 0.3) is 0 Å².